The van der Waals surface area contributed by atoms with Crippen molar-refractivity contribution in [3.63, 3.8) is 0 Å². The second-order valence-electron chi connectivity index (χ2n) is 7.93. The number of ether oxygens (including phenoxy) is 1. The monoisotopic (exact) mass is 395 g/mol. The zero-order chi connectivity index (χ0) is 20.2. The fourth-order valence-corrected chi connectivity index (χ4v) is 3.84. The highest BCUT2D eigenvalue weighted by Gasteiger charge is 2.21. The summed E-state index contributed by atoms with van der Waals surface area (Å²) in [7, 11) is 0. The van der Waals surface area contributed by atoms with Crippen LogP contribution in [0.2, 0.25) is 0 Å². The Labute approximate surface area is 172 Å². The van der Waals surface area contributed by atoms with Gasteiger partial charge in [-0.3, -0.25) is 4.79 Å². The Balaban J connectivity index is 1.45. The van der Waals surface area contributed by atoms with Gasteiger partial charge in [-0.15, -0.1) is 0 Å². The van der Waals surface area contributed by atoms with Gasteiger partial charge in [0.2, 0.25) is 0 Å². The van der Waals surface area contributed by atoms with Gasteiger partial charge in [-0.25, -0.2) is 9.97 Å². The third-order valence-electron chi connectivity index (χ3n) is 5.64. The molecular weight excluding hydrogens is 366 g/mol. The average Bonchev–Trinajstić information content (AvgIpc) is 2.75. The molecule has 2 saturated heterocycles. The highest BCUT2D eigenvalue weighted by Crippen LogP contribution is 2.25. The van der Waals surface area contributed by atoms with Gasteiger partial charge in [0.1, 0.15) is 17.3 Å². The highest BCUT2D eigenvalue weighted by atomic mass is 16.5. The van der Waals surface area contributed by atoms with E-state index in [9.17, 15) is 4.79 Å². The number of amides is 1. The van der Waals surface area contributed by atoms with E-state index in [1.165, 1.54) is 18.5 Å². The molecule has 1 aromatic carbocycles. The Kier molecular flexibility index (Phi) is 5.94. The third-order valence-corrected chi connectivity index (χ3v) is 5.64. The van der Waals surface area contributed by atoms with Crippen LogP contribution in [0, 0.1) is 12.8 Å². The number of benzene rings is 1. The first kappa shape index (κ1) is 19.6. The number of anilines is 3. The van der Waals surface area contributed by atoms with Crippen LogP contribution in [0.25, 0.3) is 0 Å². The first-order valence-corrected chi connectivity index (χ1v) is 10.4. The van der Waals surface area contributed by atoms with Crippen LogP contribution in [-0.4, -0.2) is 60.2 Å². The molecule has 154 valence electrons. The fraction of sp³-hybridized carbons (Fsp3) is 0.500. The van der Waals surface area contributed by atoms with Crippen molar-refractivity contribution in [2.45, 2.75) is 26.7 Å². The molecule has 4 rings (SSSR count). The summed E-state index contributed by atoms with van der Waals surface area (Å²) < 4.78 is 5.33. The number of hydrogen-bond acceptors (Lipinski definition) is 6. The van der Waals surface area contributed by atoms with Crippen molar-refractivity contribution in [3.8, 4) is 0 Å². The lowest BCUT2D eigenvalue weighted by molar-refractivity contribution is 0.0299. The van der Waals surface area contributed by atoms with Crippen LogP contribution in [0.3, 0.4) is 0 Å². The SMILES string of the molecule is Cc1nc(Nc2ccc(N3CCC(C)CC3)cc2)cc(C(=O)N2CCOCC2)n1. The van der Waals surface area contributed by atoms with Crippen LogP contribution >= 0.6 is 0 Å². The van der Waals surface area contributed by atoms with E-state index in [0.717, 1.165) is 24.7 Å². The molecule has 2 aliphatic rings. The predicted molar refractivity (Wildman–Crippen MR) is 114 cm³/mol. The van der Waals surface area contributed by atoms with E-state index < -0.39 is 0 Å². The molecule has 3 heterocycles. The Hall–Kier alpha value is -2.67. The first-order chi connectivity index (χ1) is 14.1. The van der Waals surface area contributed by atoms with Crippen molar-refractivity contribution >= 4 is 23.1 Å². The second-order valence-corrected chi connectivity index (χ2v) is 7.93. The van der Waals surface area contributed by atoms with Gasteiger partial charge >= 0.3 is 0 Å². The lowest BCUT2D eigenvalue weighted by atomic mass is 9.99. The first-order valence-electron chi connectivity index (χ1n) is 10.4. The molecule has 0 aliphatic carbocycles. The maximum absolute atomic E-state index is 12.7. The quantitative estimate of drug-likeness (QED) is 0.857. The van der Waals surface area contributed by atoms with Crippen LogP contribution in [0.5, 0.6) is 0 Å². The van der Waals surface area contributed by atoms with E-state index in [1.54, 1.807) is 11.0 Å². The molecule has 2 fully saturated rings. The molecule has 2 aromatic rings. The summed E-state index contributed by atoms with van der Waals surface area (Å²) in [5, 5.41) is 3.32. The summed E-state index contributed by atoms with van der Waals surface area (Å²) in [6, 6.07) is 10.1. The average molecular weight is 396 g/mol. The molecule has 0 bridgehead atoms. The van der Waals surface area contributed by atoms with Crippen LogP contribution in [-0.2, 0) is 4.74 Å². The number of carbonyl (C=O) groups is 1. The molecular formula is C22H29N5O2. The molecule has 7 nitrogen and oxygen atoms in total. The molecule has 1 aromatic heterocycles. The minimum Gasteiger partial charge on any atom is -0.378 e. The predicted octanol–water partition coefficient (Wildman–Crippen LogP) is 3.24. The van der Waals surface area contributed by atoms with Gasteiger partial charge in [0.25, 0.3) is 5.91 Å². The molecule has 0 unspecified atom stereocenters. The van der Waals surface area contributed by atoms with Gasteiger partial charge in [0, 0.05) is 43.6 Å². The standard InChI is InChI=1S/C22H29N5O2/c1-16-7-9-26(10-8-16)19-5-3-18(4-6-19)25-21-15-20(23-17(2)24-21)22(28)27-11-13-29-14-12-27/h3-6,15-16H,7-14H2,1-2H3,(H,23,24,25). The van der Waals surface area contributed by atoms with Crippen molar-refractivity contribution in [2.75, 3.05) is 49.6 Å². The van der Waals surface area contributed by atoms with Gasteiger partial charge in [0.15, 0.2) is 0 Å². The van der Waals surface area contributed by atoms with Crippen molar-refractivity contribution < 1.29 is 9.53 Å². The maximum Gasteiger partial charge on any atom is 0.272 e. The fourth-order valence-electron chi connectivity index (χ4n) is 3.84. The molecule has 0 radical (unpaired) electrons. The van der Waals surface area contributed by atoms with Gasteiger partial charge < -0.3 is 19.9 Å². The van der Waals surface area contributed by atoms with E-state index in [0.29, 0.717) is 43.6 Å². The Bertz CT molecular complexity index is 841. The van der Waals surface area contributed by atoms with Crippen molar-refractivity contribution in [3.05, 3.63) is 41.9 Å². The number of aromatic nitrogens is 2. The number of piperidine rings is 1. The number of morpholine rings is 1. The number of hydrogen-bond donors (Lipinski definition) is 1. The summed E-state index contributed by atoms with van der Waals surface area (Å²) in [6.45, 7) is 8.71. The summed E-state index contributed by atoms with van der Waals surface area (Å²) in [4.78, 5) is 25.8. The van der Waals surface area contributed by atoms with Crippen LogP contribution in [0.4, 0.5) is 17.2 Å². The van der Waals surface area contributed by atoms with E-state index in [2.05, 4.69) is 51.4 Å². The minimum absolute atomic E-state index is 0.0727. The maximum atomic E-state index is 12.7. The summed E-state index contributed by atoms with van der Waals surface area (Å²) in [5.74, 6) is 1.96. The second kappa shape index (κ2) is 8.78. The van der Waals surface area contributed by atoms with Crippen molar-refractivity contribution in [2.24, 2.45) is 5.92 Å². The Morgan fingerprint density at radius 3 is 2.45 bits per heavy atom. The van der Waals surface area contributed by atoms with Gasteiger partial charge in [-0.05, 0) is 49.9 Å². The zero-order valence-corrected chi connectivity index (χ0v) is 17.2. The van der Waals surface area contributed by atoms with E-state index >= 15 is 0 Å². The largest absolute Gasteiger partial charge is 0.378 e. The molecule has 0 saturated carbocycles. The van der Waals surface area contributed by atoms with Gasteiger partial charge in [-0.2, -0.15) is 0 Å². The van der Waals surface area contributed by atoms with Crippen LogP contribution in [0.15, 0.2) is 30.3 Å². The molecule has 2 aliphatic heterocycles. The number of carbonyl (C=O) groups excluding carboxylic acids is 1. The molecule has 29 heavy (non-hydrogen) atoms. The number of nitrogens with one attached hydrogen (secondary N) is 1. The lowest BCUT2D eigenvalue weighted by Gasteiger charge is -2.32. The van der Waals surface area contributed by atoms with Crippen LogP contribution in [0.1, 0.15) is 36.1 Å². The Morgan fingerprint density at radius 1 is 1.07 bits per heavy atom. The van der Waals surface area contributed by atoms with Gasteiger partial charge in [0.05, 0.1) is 13.2 Å². The van der Waals surface area contributed by atoms with Crippen LogP contribution < -0.4 is 10.2 Å². The van der Waals surface area contributed by atoms with Crippen molar-refractivity contribution in [1.29, 1.82) is 0 Å². The normalized spacial score (nSPS) is 18.0. The molecule has 0 atom stereocenters. The zero-order valence-electron chi connectivity index (χ0n) is 17.2. The lowest BCUT2D eigenvalue weighted by Crippen LogP contribution is -2.41. The van der Waals surface area contributed by atoms with E-state index in [-0.39, 0.29) is 5.91 Å². The highest BCUT2D eigenvalue weighted by molar-refractivity contribution is 5.93. The summed E-state index contributed by atoms with van der Waals surface area (Å²) >= 11 is 0. The summed E-state index contributed by atoms with van der Waals surface area (Å²) in [5.41, 5.74) is 2.62. The minimum atomic E-state index is -0.0727. The van der Waals surface area contributed by atoms with E-state index in [4.69, 9.17) is 4.74 Å². The Morgan fingerprint density at radius 2 is 1.76 bits per heavy atom. The van der Waals surface area contributed by atoms with E-state index in [1.807, 2.05) is 6.92 Å². The third kappa shape index (κ3) is 4.85. The summed E-state index contributed by atoms with van der Waals surface area (Å²) in [6.07, 6.45) is 2.50. The number of aryl methyl sites for hydroxylation is 1. The molecule has 7 heteroatoms. The van der Waals surface area contributed by atoms with Gasteiger partial charge in [-0.1, -0.05) is 6.92 Å². The molecule has 1 N–H and O–H groups in total. The topological polar surface area (TPSA) is 70.6 Å². The number of rotatable bonds is 4. The molecule has 1 amide bonds. The van der Waals surface area contributed by atoms with Crippen molar-refractivity contribution in [1.82, 2.24) is 14.9 Å². The molecule has 0 spiro atoms. The number of nitrogens with zero attached hydrogens (tertiary/aromatic N) is 4. The smallest absolute Gasteiger partial charge is 0.272 e.